The third kappa shape index (κ3) is 3.51. The van der Waals surface area contributed by atoms with Crippen LogP contribution in [-0.2, 0) is 11.8 Å². The van der Waals surface area contributed by atoms with Crippen molar-refractivity contribution in [3.8, 4) is 0 Å². The lowest BCUT2D eigenvalue weighted by Crippen LogP contribution is -2.11. The number of hydrogen-bond acceptors (Lipinski definition) is 2. The fourth-order valence-electron chi connectivity index (χ4n) is 1.68. The Morgan fingerprint density at radius 3 is 2.84 bits per heavy atom. The Bertz CT molecular complexity index is 631. The minimum Gasteiger partial charge on any atom is -0.307 e. The molecule has 98 valence electrons. The Labute approximate surface area is 110 Å². The molecule has 0 saturated carbocycles. The van der Waals surface area contributed by atoms with E-state index in [1.807, 2.05) is 6.92 Å². The average molecular weight is 259 g/mol. The maximum Gasteiger partial charge on any atom is 0.249 e. The lowest BCUT2D eigenvalue weighted by molar-refractivity contribution is -0.111. The number of amides is 1. The molecule has 1 aromatic carbocycles. The zero-order valence-corrected chi connectivity index (χ0v) is 10.7. The predicted octanol–water partition coefficient (Wildman–Crippen LogP) is 2.52. The van der Waals surface area contributed by atoms with Gasteiger partial charge in [-0.05, 0) is 30.7 Å². The molecule has 1 N–H and O–H groups in total. The lowest BCUT2D eigenvalue weighted by Gasteiger charge is -2.01. The predicted molar refractivity (Wildman–Crippen MR) is 72.0 cm³/mol. The highest BCUT2D eigenvalue weighted by molar-refractivity contribution is 6.01. The minimum absolute atomic E-state index is 0.285. The Balaban J connectivity index is 2.03. The molecule has 0 unspecified atom stereocenters. The van der Waals surface area contributed by atoms with Crippen LogP contribution in [0.5, 0.6) is 0 Å². The van der Waals surface area contributed by atoms with E-state index in [0.29, 0.717) is 11.4 Å². The van der Waals surface area contributed by atoms with E-state index in [-0.39, 0.29) is 11.7 Å². The van der Waals surface area contributed by atoms with Crippen molar-refractivity contribution in [1.82, 2.24) is 9.78 Å². The van der Waals surface area contributed by atoms with Crippen molar-refractivity contribution < 1.29 is 9.18 Å². The summed E-state index contributed by atoms with van der Waals surface area (Å²) in [5.41, 5.74) is 1.46. The van der Waals surface area contributed by atoms with Crippen LogP contribution in [-0.4, -0.2) is 15.7 Å². The van der Waals surface area contributed by atoms with Crippen LogP contribution in [0.3, 0.4) is 0 Å². The smallest absolute Gasteiger partial charge is 0.249 e. The van der Waals surface area contributed by atoms with Gasteiger partial charge in [-0.1, -0.05) is 12.1 Å². The Morgan fingerprint density at radius 1 is 1.42 bits per heavy atom. The number of rotatable bonds is 3. The summed E-state index contributed by atoms with van der Waals surface area (Å²) in [4.78, 5) is 11.7. The molecule has 0 spiro atoms. The molecule has 5 heteroatoms. The van der Waals surface area contributed by atoms with Gasteiger partial charge in [0.2, 0.25) is 5.91 Å². The number of aromatic nitrogens is 2. The van der Waals surface area contributed by atoms with Crippen LogP contribution in [0.25, 0.3) is 6.08 Å². The van der Waals surface area contributed by atoms with Gasteiger partial charge >= 0.3 is 0 Å². The molecule has 19 heavy (non-hydrogen) atoms. The number of carbonyl (C=O) groups is 1. The second kappa shape index (κ2) is 5.48. The molecule has 0 radical (unpaired) electrons. The summed E-state index contributed by atoms with van der Waals surface area (Å²) >= 11 is 0. The van der Waals surface area contributed by atoms with Crippen molar-refractivity contribution in [2.75, 3.05) is 5.32 Å². The lowest BCUT2D eigenvalue weighted by atomic mass is 10.2. The number of nitrogens with one attached hydrogen (secondary N) is 1. The van der Waals surface area contributed by atoms with E-state index < -0.39 is 0 Å². The number of hydrogen-bond donors (Lipinski definition) is 1. The third-order valence-corrected chi connectivity index (χ3v) is 2.53. The number of halogens is 1. The molecule has 1 heterocycles. The van der Waals surface area contributed by atoms with Gasteiger partial charge < -0.3 is 5.32 Å². The van der Waals surface area contributed by atoms with E-state index in [1.54, 1.807) is 36.0 Å². The summed E-state index contributed by atoms with van der Waals surface area (Å²) in [5, 5.41) is 6.82. The van der Waals surface area contributed by atoms with Crippen LogP contribution < -0.4 is 5.32 Å². The molecule has 1 aromatic heterocycles. The highest BCUT2D eigenvalue weighted by atomic mass is 19.1. The Kier molecular flexibility index (Phi) is 3.75. The van der Waals surface area contributed by atoms with Gasteiger partial charge in [0.15, 0.2) is 0 Å². The number of benzene rings is 1. The third-order valence-electron chi connectivity index (χ3n) is 2.53. The fraction of sp³-hybridized carbons (Fsp3) is 0.143. The molecule has 0 fully saturated rings. The van der Waals surface area contributed by atoms with E-state index in [9.17, 15) is 9.18 Å². The van der Waals surface area contributed by atoms with Gasteiger partial charge in [0, 0.05) is 19.2 Å². The van der Waals surface area contributed by atoms with E-state index in [4.69, 9.17) is 0 Å². The first-order valence-electron chi connectivity index (χ1n) is 5.80. The van der Waals surface area contributed by atoms with Crippen molar-refractivity contribution in [2.24, 2.45) is 7.05 Å². The molecule has 1 amide bonds. The average Bonchev–Trinajstić information content (AvgIpc) is 2.65. The van der Waals surface area contributed by atoms with Gasteiger partial charge in [-0.25, -0.2) is 4.39 Å². The number of anilines is 1. The molecule has 4 nitrogen and oxygen atoms in total. The largest absolute Gasteiger partial charge is 0.307 e. The minimum atomic E-state index is -0.329. The number of carbonyl (C=O) groups excluding carboxylic acids is 1. The summed E-state index contributed by atoms with van der Waals surface area (Å²) in [5.74, 6) is 0.00321. The van der Waals surface area contributed by atoms with Crippen molar-refractivity contribution in [2.45, 2.75) is 6.92 Å². The highest BCUT2D eigenvalue weighted by Gasteiger charge is 2.04. The molecule has 0 bridgehead atoms. The van der Waals surface area contributed by atoms with Crippen LogP contribution >= 0.6 is 0 Å². The standard InChI is InChI=1S/C14H14FN3O/c1-10-8-13(18(2)17-10)16-14(19)7-6-11-4-3-5-12(15)9-11/h3-9H,1-2H3,(H,16,19)/b7-6+. The Hall–Kier alpha value is -2.43. The van der Waals surface area contributed by atoms with E-state index in [2.05, 4.69) is 10.4 Å². The summed E-state index contributed by atoms with van der Waals surface area (Å²) in [6.45, 7) is 1.85. The summed E-state index contributed by atoms with van der Waals surface area (Å²) in [7, 11) is 1.75. The van der Waals surface area contributed by atoms with Gasteiger partial charge in [0.25, 0.3) is 0 Å². The first kappa shape index (κ1) is 13.0. The summed E-state index contributed by atoms with van der Waals surface area (Å²) < 4.78 is 14.5. The maximum absolute atomic E-state index is 12.9. The van der Waals surface area contributed by atoms with Gasteiger partial charge in [0.05, 0.1) is 5.69 Å². The van der Waals surface area contributed by atoms with Crippen molar-refractivity contribution in [3.05, 3.63) is 53.5 Å². The van der Waals surface area contributed by atoms with Crippen molar-refractivity contribution >= 4 is 17.8 Å². The number of aryl methyl sites for hydroxylation is 2. The maximum atomic E-state index is 12.9. The molecule has 0 aliphatic rings. The van der Waals surface area contributed by atoms with Crippen LogP contribution in [0.1, 0.15) is 11.3 Å². The fourth-order valence-corrected chi connectivity index (χ4v) is 1.68. The topological polar surface area (TPSA) is 46.9 Å². The van der Waals surface area contributed by atoms with Gasteiger partial charge in [0.1, 0.15) is 11.6 Å². The first-order chi connectivity index (χ1) is 9.04. The summed E-state index contributed by atoms with van der Waals surface area (Å²) in [6.07, 6.45) is 2.92. The number of nitrogens with zero attached hydrogens (tertiary/aromatic N) is 2. The van der Waals surface area contributed by atoms with Crippen LogP contribution in [0.2, 0.25) is 0 Å². The molecular formula is C14H14FN3O. The Morgan fingerprint density at radius 2 is 2.21 bits per heavy atom. The van der Waals surface area contributed by atoms with Crippen LogP contribution in [0.15, 0.2) is 36.4 Å². The van der Waals surface area contributed by atoms with Crippen molar-refractivity contribution in [1.29, 1.82) is 0 Å². The molecule has 0 saturated heterocycles. The van der Waals surface area contributed by atoms with E-state index >= 15 is 0 Å². The van der Waals surface area contributed by atoms with Gasteiger partial charge in [-0.2, -0.15) is 5.10 Å². The highest BCUT2D eigenvalue weighted by Crippen LogP contribution is 2.09. The zero-order chi connectivity index (χ0) is 13.8. The second-order valence-corrected chi connectivity index (χ2v) is 4.17. The van der Waals surface area contributed by atoms with E-state index in [0.717, 1.165) is 5.69 Å². The molecule has 0 aliphatic heterocycles. The SMILES string of the molecule is Cc1cc(NC(=O)/C=C/c2cccc(F)c2)n(C)n1. The molecule has 0 atom stereocenters. The van der Waals surface area contributed by atoms with E-state index in [1.165, 1.54) is 18.2 Å². The normalized spacial score (nSPS) is 10.9. The summed E-state index contributed by atoms with van der Waals surface area (Å²) in [6, 6.07) is 7.81. The monoisotopic (exact) mass is 259 g/mol. The quantitative estimate of drug-likeness (QED) is 0.861. The second-order valence-electron chi connectivity index (χ2n) is 4.17. The molecule has 2 aromatic rings. The molecule has 0 aliphatic carbocycles. The van der Waals surface area contributed by atoms with Crippen molar-refractivity contribution in [3.63, 3.8) is 0 Å². The first-order valence-corrected chi connectivity index (χ1v) is 5.80. The van der Waals surface area contributed by atoms with Gasteiger partial charge in [-0.15, -0.1) is 0 Å². The van der Waals surface area contributed by atoms with Crippen LogP contribution in [0, 0.1) is 12.7 Å². The van der Waals surface area contributed by atoms with Crippen LogP contribution in [0.4, 0.5) is 10.2 Å². The molecule has 2 rings (SSSR count). The van der Waals surface area contributed by atoms with Gasteiger partial charge in [-0.3, -0.25) is 9.48 Å². The molecular weight excluding hydrogens is 245 g/mol. The zero-order valence-electron chi connectivity index (χ0n) is 10.7.